The number of nitro benzene ring substituents is 1. The molecule has 0 aliphatic heterocycles. The first-order valence-electron chi connectivity index (χ1n) is 6.75. The van der Waals surface area contributed by atoms with Gasteiger partial charge >= 0.3 is 0 Å². The lowest BCUT2D eigenvalue weighted by Gasteiger charge is -2.08. The molecule has 1 N–H and O–H groups in total. The Morgan fingerprint density at radius 3 is 2.52 bits per heavy atom. The van der Waals surface area contributed by atoms with Crippen LogP contribution < -0.4 is 5.32 Å². The molecule has 0 aromatic heterocycles. The third-order valence-electron chi connectivity index (χ3n) is 3.36. The van der Waals surface area contributed by atoms with Gasteiger partial charge in [0.2, 0.25) is 0 Å². The summed E-state index contributed by atoms with van der Waals surface area (Å²) in [5.41, 5.74) is 3.61. The van der Waals surface area contributed by atoms with E-state index in [0.717, 1.165) is 30.1 Å². The molecule has 4 nitrogen and oxygen atoms in total. The van der Waals surface area contributed by atoms with Crippen LogP contribution in [0.5, 0.6) is 0 Å². The van der Waals surface area contributed by atoms with Crippen LogP contribution in [0.3, 0.4) is 0 Å². The molecule has 0 amide bonds. The maximum absolute atomic E-state index is 10.6. The van der Waals surface area contributed by atoms with Crippen LogP contribution >= 0.6 is 11.6 Å². The third-order valence-corrected chi connectivity index (χ3v) is 3.59. The highest BCUT2D eigenvalue weighted by Gasteiger charge is 2.04. The Labute approximate surface area is 128 Å². The minimum Gasteiger partial charge on any atom is -0.312 e. The largest absolute Gasteiger partial charge is 0.312 e. The fourth-order valence-corrected chi connectivity index (χ4v) is 2.32. The molecule has 0 fully saturated rings. The Morgan fingerprint density at radius 2 is 1.90 bits per heavy atom. The zero-order chi connectivity index (χ0) is 15.2. The number of nitrogens with zero attached hydrogens (tertiary/aromatic N) is 1. The van der Waals surface area contributed by atoms with E-state index in [1.165, 1.54) is 11.1 Å². The van der Waals surface area contributed by atoms with Crippen molar-refractivity contribution in [3.8, 4) is 0 Å². The molecule has 0 saturated carbocycles. The Hall–Kier alpha value is -1.91. The van der Waals surface area contributed by atoms with Gasteiger partial charge in [-0.2, -0.15) is 0 Å². The molecule has 0 saturated heterocycles. The third kappa shape index (κ3) is 4.55. The summed E-state index contributed by atoms with van der Waals surface area (Å²) in [6, 6.07) is 12.5. The van der Waals surface area contributed by atoms with Gasteiger partial charge in [0.25, 0.3) is 5.69 Å². The minimum absolute atomic E-state index is 0.128. The summed E-state index contributed by atoms with van der Waals surface area (Å²) in [7, 11) is 0. The van der Waals surface area contributed by atoms with E-state index < -0.39 is 0 Å². The fraction of sp³-hybridized carbons (Fsp3) is 0.250. The molecule has 2 rings (SSSR count). The predicted octanol–water partition coefficient (Wildman–Crippen LogP) is 3.89. The average Bonchev–Trinajstić information content (AvgIpc) is 2.46. The summed E-state index contributed by atoms with van der Waals surface area (Å²) in [6.07, 6.45) is 0.838. The van der Waals surface area contributed by atoms with Crippen LogP contribution in [0.25, 0.3) is 0 Å². The van der Waals surface area contributed by atoms with Crippen molar-refractivity contribution in [1.82, 2.24) is 5.32 Å². The molecule has 110 valence electrons. The smallest absolute Gasteiger partial charge is 0.269 e. The Kier molecular flexibility index (Phi) is 5.31. The molecule has 5 heteroatoms. The van der Waals surface area contributed by atoms with Crippen molar-refractivity contribution in [3.63, 3.8) is 0 Å². The number of benzene rings is 2. The molecule has 0 atom stereocenters. The second kappa shape index (κ2) is 7.20. The van der Waals surface area contributed by atoms with Crippen LogP contribution in [0, 0.1) is 17.0 Å². The zero-order valence-electron chi connectivity index (χ0n) is 11.8. The number of rotatable bonds is 6. The second-order valence-corrected chi connectivity index (χ2v) is 5.36. The number of hydrogen-bond acceptors (Lipinski definition) is 3. The van der Waals surface area contributed by atoms with Crippen LogP contribution in [0.4, 0.5) is 5.69 Å². The lowest BCUT2D eigenvalue weighted by atomic mass is 10.1. The molecule has 0 spiro atoms. The van der Waals surface area contributed by atoms with E-state index >= 15 is 0 Å². The van der Waals surface area contributed by atoms with Crippen molar-refractivity contribution in [2.24, 2.45) is 0 Å². The molecule has 0 radical (unpaired) electrons. The summed E-state index contributed by atoms with van der Waals surface area (Å²) < 4.78 is 0. The topological polar surface area (TPSA) is 55.2 Å². The lowest BCUT2D eigenvalue weighted by molar-refractivity contribution is -0.384. The Balaban J connectivity index is 1.80. The van der Waals surface area contributed by atoms with Gasteiger partial charge in [0, 0.05) is 23.7 Å². The van der Waals surface area contributed by atoms with E-state index in [2.05, 4.69) is 5.32 Å². The lowest BCUT2D eigenvalue weighted by Crippen LogP contribution is -2.17. The number of non-ortho nitro benzene ring substituents is 1. The van der Waals surface area contributed by atoms with Gasteiger partial charge in [-0.15, -0.1) is 0 Å². The normalized spacial score (nSPS) is 10.6. The molecule has 0 aliphatic rings. The predicted molar refractivity (Wildman–Crippen MR) is 84.7 cm³/mol. The molecular weight excluding hydrogens is 288 g/mol. The summed E-state index contributed by atoms with van der Waals surface area (Å²) in [4.78, 5) is 10.2. The van der Waals surface area contributed by atoms with Crippen molar-refractivity contribution < 1.29 is 4.92 Å². The van der Waals surface area contributed by atoms with E-state index in [1.54, 1.807) is 24.3 Å². The van der Waals surface area contributed by atoms with Crippen molar-refractivity contribution >= 4 is 17.3 Å². The summed E-state index contributed by atoms with van der Waals surface area (Å²) in [6.45, 7) is 3.65. The average molecular weight is 305 g/mol. The van der Waals surface area contributed by atoms with E-state index in [-0.39, 0.29) is 10.6 Å². The monoisotopic (exact) mass is 304 g/mol. The van der Waals surface area contributed by atoms with Gasteiger partial charge in [-0.3, -0.25) is 10.1 Å². The SMILES string of the molecule is Cc1cc(Cl)ccc1CNCCc1ccc([N+](=O)[O-])cc1. The zero-order valence-corrected chi connectivity index (χ0v) is 12.6. The van der Waals surface area contributed by atoms with Gasteiger partial charge in [0.15, 0.2) is 0 Å². The molecule has 0 bridgehead atoms. The van der Waals surface area contributed by atoms with Gasteiger partial charge in [0.1, 0.15) is 0 Å². The van der Waals surface area contributed by atoms with Crippen molar-refractivity contribution in [3.05, 3.63) is 74.3 Å². The molecule has 2 aromatic rings. The summed E-state index contributed by atoms with van der Waals surface area (Å²) in [5, 5.41) is 14.7. The standard InChI is InChI=1S/C16H17ClN2O2/c1-12-10-15(17)5-4-14(12)11-18-9-8-13-2-6-16(7-3-13)19(20)21/h2-7,10,18H,8-9,11H2,1H3. The van der Waals surface area contributed by atoms with Gasteiger partial charge in [-0.25, -0.2) is 0 Å². The van der Waals surface area contributed by atoms with Crippen LogP contribution in [-0.4, -0.2) is 11.5 Å². The van der Waals surface area contributed by atoms with Crippen molar-refractivity contribution in [2.75, 3.05) is 6.54 Å². The first-order chi connectivity index (χ1) is 10.1. The van der Waals surface area contributed by atoms with Gasteiger partial charge in [0.05, 0.1) is 4.92 Å². The van der Waals surface area contributed by atoms with Gasteiger partial charge in [-0.05, 0) is 48.7 Å². The first kappa shape index (κ1) is 15.5. The van der Waals surface area contributed by atoms with Crippen molar-refractivity contribution in [2.45, 2.75) is 19.9 Å². The molecule has 21 heavy (non-hydrogen) atoms. The van der Waals surface area contributed by atoms with Gasteiger partial charge < -0.3 is 5.32 Å². The summed E-state index contributed by atoms with van der Waals surface area (Å²) >= 11 is 5.92. The maximum Gasteiger partial charge on any atom is 0.269 e. The molecule has 0 heterocycles. The van der Waals surface area contributed by atoms with Crippen LogP contribution in [0.1, 0.15) is 16.7 Å². The maximum atomic E-state index is 10.6. The first-order valence-corrected chi connectivity index (χ1v) is 7.13. The van der Waals surface area contributed by atoms with E-state index in [4.69, 9.17) is 11.6 Å². The highest BCUT2D eigenvalue weighted by molar-refractivity contribution is 6.30. The number of nitro groups is 1. The Bertz CT molecular complexity index is 627. The number of hydrogen-bond donors (Lipinski definition) is 1. The molecule has 0 aliphatic carbocycles. The Morgan fingerprint density at radius 1 is 1.19 bits per heavy atom. The van der Waals surface area contributed by atoms with Crippen molar-refractivity contribution in [1.29, 1.82) is 0 Å². The number of halogens is 1. The minimum atomic E-state index is -0.384. The molecular formula is C16H17ClN2O2. The second-order valence-electron chi connectivity index (χ2n) is 4.92. The quantitative estimate of drug-likeness (QED) is 0.500. The highest BCUT2D eigenvalue weighted by Crippen LogP contribution is 2.15. The highest BCUT2D eigenvalue weighted by atomic mass is 35.5. The van der Waals surface area contributed by atoms with Gasteiger partial charge in [-0.1, -0.05) is 29.8 Å². The number of aryl methyl sites for hydroxylation is 1. The van der Waals surface area contributed by atoms with Crippen LogP contribution in [0.15, 0.2) is 42.5 Å². The van der Waals surface area contributed by atoms with E-state index in [9.17, 15) is 10.1 Å². The number of nitrogens with one attached hydrogen (secondary N) is 1. The summed E-state index contributed by atoms with van der Waals surface area (Å²) in [5.74, 6) is 0. The molecule has 0 unspecified atom stereocenters. The van der Waals surface area contributed by atoms with E-state index in [1.807, 2.05) is 25.1 Å². The van der Waals surface area contributed by atoms with Crippen LogP contribution in [-0.2, 0) is 13.0 Å². The van der Waals surface area contributed by atoms with E-state index in [0.29, 0.717) is 0 Å². The van der Waals surface area contributed by atoms with Crippen LogP contribution in [0.2, 0.25) is 5.02 Å². The molecule has 2 aromatic carbocycles. The fourth-order valence-electron chi connectivity index (χ4n) is 2.10.